The molecule has 0 aliphatic heterocycles. The molecule has 0 saturated heterocycles. The first-order chi connectivity index (χ1) is 7.14. The number of rotatable bonds is 9. The van der Waals surface area contributed by atoms with Gasteiger partial charge in [0.15, 0.2) is 0 Å². The second-order valence-corrected chi connectivity index (χ2v) is 7.29. The Bertz CT molecular complexity index is 178. The largest absolute Gasteiger partial charge is 0.307 e. The van der Waals surface area contributed by atoms with Crippen LogP contribution >= 0.6 is 7.29 Å². The molecule has 0 aliphatic carbocycles. The Hall–Kier alpha value is 0.190. The molecule has 0 amide bonds. The summed E-state index contributed by atoms with van der Waals surface area (Å²) in [7, 11) is -2.03. The summed E-state index contributed by atoms with van der Waals surface area (Å²) in [5.74, 6) is 0. The van der Waals surface area contributed by atoms with Gasteiger partial charge in [-0.1, -0.05) is 40.5 Å². The van der Waals surface area contributed by atoms with E-state index in [2.05, 4.69) is 32.4 Å². The van der Waals surface area contributed by atoms with Gasteiger partial charge in [-0.2, -0.15) is 0 Å². The highest BCUT2D eigenvalue weighted by Crippen LogP contribution is 2.50. The van der Waals surface area contributed by atoms with Crippen molar-refractivity contribution >= 4 is 7.29 Å². The summed E-state index contributed by atoms with van der Waals surface area (Å²) in [4.78, 5) is 0. The Labute approximate surface area is 95.9 Å². The van der Waals surface area contributed by atoms with Gasteiger partial charge in [-0.15, -0.1) is 0 Å². The molecule has 92 valence electrons. The lowest BCUT2D eigenvalue weighted by atomic mass is 10.4. The number of unbranched alkanes of at least 4 members (excludes halogenated alkanes) is 2. The molecule has 0 bridgehead atoms. The minimum Gasteiger partial charge on any atom is -0.307 e. The summed E-state index contributed by atoms with van der Waals surface area (Å²) >= 11 is 0. The Morgan fingerprint density at radius 3 is 1.53 bits per heavy atom. The van der Waals surface area contributed by atoms with Crippen molar-refractivity contribution in [1.29, 1.82) is 0 Å². The average molecular weight is 233 g/mol. The van der Waals surface area contributed by atoms with E-state index in [1.807, 2.05) is 0 Å². The van der Waals surface area contributed by atoms with Crippen LogP contribution in [0.1, 0.15) is 53.4 Å². The minimum atomic E-state index is -2.03. The third kappa shape index (κ3) is 5.17. The van der Waals surface area contributed by atoms with E-state index in [9.17, 15) is 4.57 Å². The van der Waals surface area contributed by atoms with Crippen molar-refractivity contribution in [2.75, 3.05) is 25.4 Å². The molecule has 0 heterocycles. The third-order valence-electron chi connectivity index (χ3n) is 2.97. The third-order valence-corrected chi connectivity index (χ3v) is 6.59. The van der Waals surface area contributed by atoms with E-state index in [0.29, 0.717) is 0 Å². The van der Waals surface area contributed by atoms with Gasteiger partial charge >= 0.3 is 0 Å². The molecule has 0 saturated carbocycles. The second-order valence-electron chi connectivity index (χ2n) is 4.14. The molecule has 15 heavy (non-hydrogen) atoms. The van der Waals surface area contributed by atoms with Crippen LogP contribution in [0, 0.1) is 0 Å². The Morgan fingerprint density at radius 1 is 0.867 bits per heavy atom. The van der Waals surface area contributed by atoms with Crippen LogP contribution in [0.15, 0.2) is 0 Å². The molecule has 0 aromatic heterocycles. The Morgan fingerprint density at radius 2 is 1.27 bits per heavy atom. The molecular formula is C12H28NOP. The normalized spacial score (nSPS) is 12.3. The highest BCUT2D eigenvalue weighted by molar-refractivity contribution is 7.61. The zero-order valence-corrected chi connectivity index (χ0v) is 11.9. The van der Waals surface area contributed by atoms with E-state index in [1.54, 1.807) is 0 Å². The van der Waals surface area contributed by atoms with Crippen LogP contribution in [0.2, 0.25) is 0 Å². The van der Waals surface area contributed by atoms with E-state index in [4.69, 9.17) is 0 Å². The maximum Gasteiger partial charge on any atom is 0.150 e. The molecule has 0 unspecified atom stereocenters. The zero-order chi connectivity index (χ0) is 11.7. The van der Waals surface area contributed by atoms with Gasteiger partial charge in [0.05, 0.1) is 0 Å². The molecule has 3 heteroatoms. The van der Waals surface area contributed by atoms with Crippen LogP contribution in [0.4, 0.5) is 0 Å². The molecule has 0 fully saturated rings. The van der Waals surface area contributed by atoms with Gasteiger partial charge in [0.25, 0.3) is 0 Å². The van der Waals surface area contributed by atoms with Gasteiger partial charge in [0.2, 0.25) is 0 Å². The summed E-state index contributed by atoms with van der Waals surface area (Å²) in [5.41, 5.74) is 0. The quantitative estimate of drug-likeness (QED) is 0.556. The molecule has 0 radical (unpaired) electrons. The van der Waals surface area contributed by atoms with E-state index < -0.39 is 7.29 Å². The molecule has 0 aliphatic rings. The molecule has 0 aromatic carbocycles. The standard InChI is InChI=1S/C12H28NOP/c1-5-9-11-15(14,12-10-6-2)13(7-3)8-4/h5-12H2,1-4H3. The smallest absolute Gasteiger partial charge is 0.150 e. The van der Waals surface area contributed by atoms with Crippen LogP contribution in [0.5, 0.6) is 0 Å². The van der Waals surface area contributed by atoms with E-state index in [1.165, 1.54) is 0 Å². The summed E-state index contributed by atoms with van der Waals surface area (Å²) in [6.07, 6.45) is 6.36. The SMILES string of the molecule is CCCCP(=O)(CCCC)N(CC)CC. The second kappa shape index (κ2) is 8.35. The van der Waals surface area contributed by atoms with Crippen LogP contribution in [0.25, 0.3) is 0 Å². The molecule has 0 atom stereocenters. The first-order valence-corrected chi connectivity index (χ1v) is 8.51. The summed E-state index contributed by atoms with van der Waals surface area (Å²) < 4.78 is 15.0. The van der Waals surface area contributed by atoms with Crippen LogP contribution < -0.4 is 0 Å². The zero-order valence-electron chi connectivity index (χ0n) is 11.0. The molecule has 0 spiro atoms. The van der Waals surface area contributed by atoms with Crippen molar-refractivity contribution in [3.8, 4) is 0 Å². The van der Waals surface area contributed by atoms with Crippen molar-refractivity contribution in [1.82, 2.24) is 4.67 Å². The lowest BCUT2D eigenvalue weighted by molar-refractivity contribution is 0.439. The van der Waals surface area contributed by atoms with Crippen molar-refractivity contribution in [3.63, 3.8) is 0 Å². The molecular weight excluding hydrogens is 205 g/mol. The minimum absolute atomic E-state index is 0.922. The highest BCUT2D eigenvalue weighted by atomic mass is 31.2. The number of hydrogen-bond acceptors (Lipinski definition) is 1. The van der Waals surface area contributed by atoms with Crippen LogP contribution in [-0.4, -0.2) is 30.1 Å². The van der Waals surface area contributed by atoms with E-state index in [-0.39, 0.29) is 0 Å². The average Bonchev–Trinajstić information content (AvgIpc) is 2.25. The van der Waals surface area contributed by atoms with Crippen molar-refractivity contribution in [2.24, 2.45) is 0 Å². The van der Waals surface area contributed by atoms with Crippen LogP contribution in [0.3, 0.4) is 0 Å². The fourth-order valence-corrected chi connectivity index (χ4v) is 5.39. The summed E-state index contributed by atoms with van der Waals surface area (Å²) in [6.45, 7) is 10.4. The summed E-state index contributed by atoms with van der Waals surface area (Å²) in [6, 6.07) is 0. The first-order valence-electron chi connectivity index (χ1n) is 6.48. The van der Waals surface area contributed by atoms with Crippen molar-refractivity contribution < 1.29 is 4.57 Å². The van der Waals surface area contributed by atoms with E-state index >= 15 is 0 Å². The van der Waals surface area contributed by atoms with Gasteiger partial charge in [0.1, 0.15) is 7.29 Å². The molecule has 2 nitrogen and oxygen atoms in total. The summed E-state index contributed by atoms with van der Waals surface area (Å²) in [5, 5.41) is 0. The van der Waals surface area contributed by atoms with Gasteiger partial charge in [0, 0.05) is 25.4 Å². The maximum absolute atomic E-state index is 12.8. The lowest BCUT2D eigenvalue weighted by Crippen LogP contribution is -2.23. The number of nitrogens with zero attached hydrogens (tertiary/aromatic N) is 1. The predicted octanol–water partition coefficient (Wildman–Crippen LogP) is 4.21. The molecule has 0 rings (SSSR count). The predicted molar refractivity (Wildman–Crippen MR) is 70.1 cm³/mol. The lowest BCUT2D eigenvalue weighted by Gasteiger charge is -2.30. The number of hydrogen-bond donors (Lipinski definition) is 0. The maximum atomic E-state index is 12.8. The van der Waals surface area contributed by atoms with Crippen molar-refractivity contribution in [2.45, 2.75) is 53.4 Å². The topological polar surface area (TPSA) is 20.3 Å². The van der Waals surface area contributed by atoms with Crippen LogP contribution in [-0.2, 0) is 4.57 Å². The monoisotopic (exact) mass is 233 g/mol. The Balaban J connectivity index is 4.44. The first kappa shape index (κ1) is 15.2. The fourth-order valence-electron chi connectivity index (χ4n) is 1.94. The molecule has 0 aromatic rings. The van der Waals surface area contributed by atoms with Crippen molar-refractivity contribution in [3.05, 3.63) is 0 Å². The van der Waals surface area contributed by atoms with Gasteiger partial charge in [-0.25, -0.2) is 0 Å². The highest BCUT2D eigenvalue weighted by Gasteiger charge is 2.26. The van der Waals surface area contributed by atoms with Gasteiger partial charge < -0.3 is 4.57 Å². The van der Waals surface area contributed by atoms with Gasteiger partial charge in [-0.05, 0) is 12.8 Å². The molecule has 0 N–H and O–H groups in total. The Kier molecular flexibility index (Phi) is 8.46. The van der Waals surface area contributed by atoms with E-state index in [0.717, 1.165) is 51.1 Å². The van der Waals surface area contributed by atoms with Gasteiger partial charge in [-0.3, -0.25) is 4.67 Å². The fraction of sp³-hybridized carbons (Fsp3) is 1.00.